The number of hydrogen-bond donors (Lipinski definition) is 1. The molecule has 0 spiro atoms. The minimum absolute atomic E-state index is 0.0334. The standard InChI is InChI=1S/C8H8FNO5S/c1-14-8(11)6-3-2-5(4-7(6)10)15-16(9,12)13/h2-4H,10H2,1H3. The largest absolute Gasteiger partial charge is 0.488 e. The molecular weight excluding hydrogens is 241 g/mol. The van der Waals surface area contributed by atoms with Crippen LogP contribution < -0.4 is 9.92 Å². The molecule has 1 aromatic rings. The summed E-state index contributed by atoms with van der Waals surface area (Å²) in [6, 6.07) is 3.25. The summed E-state index contributed by atoms with van der Waals surface area (Å²) in [6.07, 6.45) is 0. The van der Waals surface area contributed by atoms with E-state index in [4.69, 9.17) is 5.73 Å². The van der Waals surface area contributed by atoms with Crippen molar-refractivity contribution < 1.29 is 26.0 Å². The maximum Gasteiger partial charge on any atom is 0.488 e. The average Bonchev–Trinajstić information content (AvgIpc) is 2.14. The lowest BCUT2D eigenvalue weighted by molar-refractivity contribution is 0.0602. The van der Waals surface area contributed by atoms with Gasteiger partial charge in [-0.2, -0.15) is 8.42 Å². The second-order valence-electron chi connectivity index (χ2n) is 2.72. The molecule has 0 heterocycles. The molecule has 0 saturated heterocycles. The molecule has 0 amide bonds. The van der Waals surface area contributed by atoms with Crippen molar-refractivity contribution in [3.63, 3.8) is 0 Å². The van der Waals surface area contributed by atoms with E-state index in [0.29, 0.717) is 0 Å². The van der Waals surface area contributed by atoms with Gasteiger partial charge in [0, 0.05) is 11.8 Å². The van der Waals surface area contributed by atoms with Crippen LogP contribution in [0.1, 0.15) is 10.4 Å². The number of carbonyl (C=O) groups is 1. The summed E-state index contributed by atoms with van der Waals surface area (Å²) >= 11 is 0. The van der Waals surface area contributed by atoms with Crippen LogP contribution in [-0.2, 0) is 15.2 Å². The first kappa shape index (κ1) is 12.2. The molecule has 0 atom stereocenters. The Morgan fingerprint density at radius 2 is 2.06 bits per heavy atom. The molecule has 0 bridgehead atoms. The van der Waals surface area contributed by atoms with Crippen LogP contribution in [0.4, 0.5) is 9.57 Å². The number of nitrogen functional groups attached to an aromatic ring is 1. The highest BCUT2D eigenvalue weighted by molar-refractivity contribution is 7.81. The molecule has 0 aliphatic heterocycles. The molecule has 16 heavy (non-hydrogen) atoms. The van der Waals surface area contributed by atoms with E-state index in [1.165, 1.54) is 6.07 Å². The number of ether oxygens (including phenoxy) is 1. The Kier molecular flexibility index (Phi) is 3.33. The van der Waals surface area contributed by atoms with E-state index in [0.717, 1.165) is 19.2 Å². The summed E-state index contributed by atoms with van der Waals surface area (Å²) in [5.74, 6) is -1.01. The average molecular weight is 249 g/mol. The Morgan fingerprint density at radius 3 is 2.50 bits per heavy atom. The molecule has 8 heteroatoms. The van der Waals surface area contributed by atoms with Crippen LogP contribution in [0.25, 0.3) is 0 Å². The van der Waals surface area contributed by atoms with Crippen molar-refractivity contribution >= 4 is 22.2 Å². The first-order valence-corrected chi connectivity index (χ1v) is 5.26. The van der Waals surface area contributed by atoms with Crippen LogP contribution in [0.3, 0.4) is 0 Å². The zero-order chi connectivity index (χ0) is 12.3. The lowest BCUT2D eigenvalue weighted by Crippen LogP contribution is -2.07. The van der Waals surface area contributed by atoms with Crippen molar-refractivity contribution in [2.45, 2.75) is 0 Å². The normalized spacial score (nSPS) is 10.9. The highest BCUT2D eigenvalue weighted by atomic mass is 32.3. The quantitative estimate of drug-likeness (QED) is 0.480. The zero-order valence-electron chi connectivity index (χ0n) is 8.14. The molecule has 2 N–H and O–H groups in total. The van der Waals surface area contributed by atoms with Gasteiger partial charge in [-0.15, -0.1) is 0 Å². The Bertz CT molecular complexity index is 513. The summed E-state index contributed by atoms with van der Waals surface area (Å²) < 4.78 is 40.8. The van der Waals surface area contributed by atoms with Crippen LogP contribution in [0.2, 0.25) is 0 Å². The predicted molar refractivity (Wildman–Crippen MR) is 52.8 cm³/mol. The fourth-order valence-corrected chi connectivity index (χ4v) is 1.34. The molecule has 0 saturated carbocycles. The number of benzene rings is 1. The molecular formula is C8H8FNO5S. The number of carbonyl (C=O) groups excluding carboxylic acids is 1. The predicted octanol–water partition coefficient (Wildman–Crippen LogP) is 0.649. The van der Waals surface area contributed by atoms with Crippen molar-refractivity contribution in [2.24, 2.45) is 0 Å². The molecule has 0 aliphatic rings. The third-order valence-electron chi connectivity index (χ3n) is 1.62. The van der Waals surface area contributed by atoms with Crippen LogP contribution >= 0.6 is 0 Å². The smallest absolute Gasteiger partial charge is 0.465 e. The van der Waals surface area contributed by atoms with Gasteiger partial charge in [0.25, 0.3) is 0 Å². The summed E-state index contributed by atoms with van der Waals surface area (Å²) in [7, 11) is -3.94. The van der Waals surface area contributed by atoms with Gasteiger partial charge in [-0.05, 0) is 12.1 Å². The van der Waals surface area contributed by atoms with E-state index in [2.05, 4.69) is 8.92 Å². The topological polar surface area (TPSA) is 95.7 Å². The monoisotopic (exact) mass is 249 g/mol. The van der Waals surface area contributed by atoms with Crippen molar-refractivity contribution in [1.29, 1.82) is 0 Å². The third-order valence-corrected chi connectivity index (χ3v) is 2.02. The van der Waals surface area contributed by atoms with E-state index in [1.807, 2.05) is 0 Å². The Balaban J connectivity index is 3.05. The van der Waals surface area contributed by atoms with Gasteiger partial charge in [0.15, 0.2) is 0 Å². The molecule has 0 aromatic heterocycles. The summed E-state index contributed by atoms with van der Waals surface area (Å²) in [4.78, 5) is 11.1. The van der Waals surface area contributed by atoms with Gasteiger partial charge in [0.1, 0.15) is 5.75 Å². The number of hydrogen-bond acceptors (Lipinski definition) is 6. The van der Waals surface area contributed by atoms with E-state index >= 15 is 0 Å². The van der Waals surface area contributed by atoms with Gasteiger partial charge in [0.2, 0.25) is 0 Å². The third kappa shape index (κ3) is 3.09. The maximum atomic E-state index is 12.1. The van der Waals surface area contributed by atoms with Crippen LogP contribution in [0.5, 0.6) is 5.75 Å². The van der Waals surface area contributed by atoms with Gasteiger partial charge < -0.3 is 14.7 Å². The fourth-order valence-electron chi connectivity index (χ4n) is 1.00. The van der Waals surface area contributed by atoms with E-state index in [9.17, 15) is 17.1 Å². The number of halogens is 1. The Hall–Kier alpha value is -1.83. The fraction of sp³-hybridized carbons (Fsp3) is 0.125. The van der Waals surface area contributed by atoms with Crippen molar-refractivity contribution in [2.75, 3.05) is 12.8 Å². The van der Waals surface area contributed by atoms with Crippen molar-refractivity contribution in [3.8, 4) is 5.75 Å². The highest BCUT2D eigenvalue weighted by Gasteiger charge is 2.14. The molecule has 88 valence electrons. The summed E-state index contributed by atoms with van der Waals surface area (Å²) in [6.45, 7) is 0. The second kappa shape index (κ2) is 4.35. The second-order valence-corrected chi connectivity index (χ2v) is 3.67. The lowest BCUT2D eigenvalue weighted by Gasteiger charge is -2.05. The van der Waals surface area contributed by atoms with Gasteiger partial charge in [-0.1, -0.05) is 3.89 Å². The molecule has 0 radical (unpaired) electrons. The Morgan fingerprint density at radius 1 is 1.44 bits per heavy atom. The van der Waals surface area contributed by atoms with Gasteiger partial charge in [-0.25, -0.2) is 4.79 Å². The van der Waals surface area contributed by atoms with Crippen molar-refractivity contribution in [1.82, 2.24) is 0 Å². The van der Waals surface area contributed by atoms with Gasteiger partial charge >= 0.3 is 16.5 Å². The van der Waals surface area contributed by atoms with Gasteiger partial charge in [-0.3, -0.25) is 0 Å². The molecule has 1 rings (SSSR count). The number of esters is 1. The van der Waals surface area contributed by atoms with E-state index < -0.39 is 16.5 Å². The summed E-state index contributed by atoms with van der Waals surface area (Å²) in [5, 5.41) is 0. The number of nitrogens with two attached hydrogens (primary N) is 1. The highest BCUT2D eigenvalue weighted by Crippen LogP contribution is 2.22. The Labute approximate surface area is 91.2 Å². The minimum Gasteiger partial charge on any atom is -0.465 e. The first-order chi connectivity index (χ1) is 7.33. The van der Waals surface area contributed by atoms with Crippen LogP contribution in [0, 0.1) is 0 Å². The first-order valence-electron chi connectivity index (χ1n) is 3.95. The molecule has 0 unspecified atom stereocenters. The molecule has 1 aromatic carbocycles. The lowest BCUT2D eigenvalue weighted by atomic mass is 10.2. The number of methoxy groups -OCH3 is 1. The molecule has 6 nitrogen and oxygen atoms in total. The number of rotatable bonds is 3. The van der Waals surface area contributed by atoms with Crippen LogP contribution in [0.15, 0.2) is 18.2 Å². The minimum atomic E-state index is -5.10. The molecule has 0 fully saturated rings. The van der Waals surface area contributed by atoms with Crippen molar-refractivity contribution in [3.05, 3.63) is 23.8 Å². The SMILES string of the molecule is COC(=O)c1ccc(OS(=O)(=O)F)cc1N. The number of anilines is 1. The van der Waals surface area contributed by atoms with Crippen LogP contribution in [-0.4, -0.2) is 21.5 Å². The zero-order valence-corrected chi connectivity index (χ0v) is 8.95. The van der Waals surface area contributed by atoms with Gasteiger partial charge in [0.05, 0.1) is 12.7 Å². The summed E-state index contributed by atoms with van der Waals surface area (Å²) in [5.41, 5.74) is 5.38. The maximum absolute atomic E-state index is 12.1. The molecule has 0 aliphatic carbocycles. The van der Waals surface area contributed by atoms with E-state index in [-0.39, 0.29) is 17.0 Å². The van der Waals surface area contributed by atoms with E-state index in [1.54, 1.807) is 0 Å².